The largest absolute Gasteiger partial charge is 0.323 e. The van der Waals surface area contributed by atoms with Crippen molar-refractivity contribution in [2.24, 2.45) is 5.92 Å². The Balaban J connectivity index is 1.48. The second-order valence-electron chi connectivity index (χ2n) is 7.18. The van der Waals surface area contributed by atoms with Crippen molar-refractivity contribution in [2.75, 3.05) is 26.2 Å². The predicted octanol–water partition coefficient (Wildman–Crippen LogP) is 1.20. The zero-order valence-electron chi connectivity index (χ0n) is 13.2. The van der Waals surface area contributed by atoms with Crippen LogP contribution in [0.3, 0.4) is 0 Å². The van der Waals surface area contributed by atoms with Crippen LogP contribution in [0.15, 0.2) is 24.3 Å². The van der Waals surface area contributed by atoms with Crippen molar-refractivity contribution in [2.45, 2.75) is 45.2 Å². The zero-order valence-corrected chi connectivity index (χ0v) is 14.0. The number of nitrogens with one attached hydrogen (secondary N) is 2. The monoisotopic (exact) mass is 308 g/mol. The first-order chi connectivity index (χ1) is 10.2. The number of benzene rings is 1. The van der Waals surface area contributed by atoms with E-state index >= 15 is 0 Å². The third kappa shape index (κ3) is 4.21. The van der Waals surface area contributed by atoms with Gasteiger partial charge in [0.25, 0.3) is 0 Å². The summed E-state index contributed by atoms with van der Waals surface area (Å²) < 4.78 is 0. The highest BCUT2D eigenvalue weighted by molar-refractivity contribution is 6.30. The summed E-state index contributed by atoms with van der Waals surface area (Å²) in [6, 6.07) is 9.31. The van der Waals surface area contributed by atoms with Crippen molar-refractivity contribution >= 4 is 11.6 Å². The third-order valence-electron chi connectivity index (χ3n) is 5.46. The first kappa shape index (κ1) is 15.3. The Hall–Kier alpha value is -0.570. The lowest BCUT2D eigenvalue weighted by atomic mass is 9.86. The molecule has 116 valence electrons. The molecule has 1 aromatic carbocycles. The maximum atomic E-state index is 6.09. The van der Waals surface area contributed by atoms with E-state index in [1.165, 1.54) is 57.4 Å². The van der Waals surface area contributed by atoms with Crippen LogP contribution >= 0.6 is 11.6 Å². The highest BCUT2D eigenvalue weighted by Gasteiger charge is 2.32. The molecule has 2 atom stereocenters. The molecule has 1 aliphatic carbocycles. The quantitative estimate of drug-likeness (QED) is 0.830. The van der Waals surface area contributed by atoms with Gasteiger partial charge in [0.1, 0.15) is 32.7 Å². The summed E-state index contributed by atoms with van der Waals surface area (Å²) in [5.41, 5.74) is 1.38. The summed E-state index contributed by atoms with van der Waals surface area (Å²) in [4.78, 5) is 3.61. The topological polar surface area (TPSA) is 8.88 Å². The van der Waals surface area contributed by atoms with E-state index in [1.54, 1.807) is 4.90 Å². The molecule has 2 nitrogen and oxygen atoms in total. The van der Waals surface area contributed by atoms with Crippen LogP contribution in [-0.2, 0) is 6.54 Å². The van der Waals surface area contributed by atoms with E-state index in [0.29, 0.717) is 0 Å². The van der Waals surface area contributed by atoms with Gasteiger partial charge in [0, 0.05) is 17.0 Å². The molecule has 0 aromatic heterocycles. The van der Waals surface area contributed by atoms with Crippen LogP contribution in [0.25, 0.3) is 0 Å². The molecular formula is C18H29ClN2+2. The standard InChI is InChI=1S/C18H27ClN2/c1-15-4-2-7-18(12-15)21-10-8-20(9-11-21)14-16-5-3-6-17(19)13-16/h3,5-6,13,15,18H,2,4,7-12,14H2,1H3/p+2/t15-,18+/m0/s1. The summed E-state index contributed by atoms with van der Waals surface area (Å²) >= 11 is 6.09. The molecular weight excluding hydrogens is 280 g/mol. The van der Waals surface area contributed by atoms with Gasteiger partial charge in [-0.05, 0) is 30.9 Å². The van der Waals surface area contributed by atoms with Crippen LogP contribution in [0.2, 0.25) is 5.02 Å². The fraction of sp³-hybridized carbons (Fsp3) is 0.667. The van der Waals surface area contributed by atoms with Gasteiger partial charge in [-0.2, -0.15) is 0 Å². The van der Waals surface area contributed by atoms with Gasteiger partial charge in [-0.25, -0.2) is 0 Å². The molecule has 2 aliphatic rings. The Morgan fingerprint density at radius 3 is 2.67 bits per heavy atom. The minimum Gasteiger partial charge on any atom is -0.323 e. The van der Waals surface area contributed by atoms with Crippen molar-refractivity contribution in [1.29, 1.82) is 0 Å². The Labute approximate surface area is 134 Å². The molecule has 0 radical (unpaired) electrons. The first-order valence-electron chi connectivity index (χ1n) is 8.63. The van der Waals surface area contributed by atoms with Crippen molar-refractivity contribution < 1.29 is 9.80 Å². The highest BCUT2D eigenvalue weighted by atomic mass is 35.5. The van der Waals surface area contributed by atoms with Crippen molar-refractivity contribution in [3.8, 4) is 0 Å². The average molecular weight is 309 g/mol. The zero-order chi connectivity index (χ0) is 14.7. The normalized spacial score (nSPS) is 33.8. The Kier molecular flexibility index (Phi) is 5.20. The molecule has 1 saturated heterocycles. The van der Waals surface area contributed by atoms with Crippen molar-refractivity contribution in [3.63, 3.8) is 0 Å². The Morgan fingerprint density at radius 2 is 1.95 bits per heavy atom. The van der Waals surface area contributed by atoms with Gasteiger partial charge in [-0.3, -0.25) is 0 Å². The van der Waals surface area contributed by atoms with E-state index in [-0.39, 0.29) is 0 Å². The van der Waals surface area contributed by atoms with E-state index in [1.807, 2.05) is 11.0 Å². The molecule has 1 saturated carbocycles. The van der Waals surface area contributed by atoms with Crippen molar-refractivity contribution in [3.05, 3.63) is 34.9 Å². The predicted molar refractivity (Wildman–Crippen MR) is 88.0 cm³/mol. The molecule has 0 spiro atoms. The second-order valence-corrected chi connectivity index (χ2v) is 7.62. The summed E-state index contributed by atoms with van der Waals surface area (Å²) in [6.07, 6.45) is 5.83. The van der Waals surface area contributed by atoms with Gasteiger partial charge in [0.15, 0.2) is 0 Å². The third-order valence-corrected chi connectivity index (χ3v) is 5.69. The number of hydrogen-bond donors (Lipinski definition) is 2. The van der Waals surface area contributed by atoms with E-state index in [4.69, 9.17) is 11.6 Å². The lowest BCUT2D eigenvalue weighted by Gasteiger charge is -2.37. The number of hydrogen-bond acceptors (Lipinski definition) is 0. The maximum Gasteiger partial charge on any atom is 0.127 e. The summed E-state index contributed by atoms with van der Waals surface area (Å²) in [5.74, 6) is 0.952. The number of piperazine rings is 1. The van der Waals surface area contributed by atoms with Crippen LogP contribution in [0.5, 0.6) is 0 Å². The van der Waals surface area contributed by atoms with E-state index in [2.05, 4.69) is 25.1 Å². The molecule has 3 heteroatoms. The fourth-order valence-electron chi connectivity index (χ4n) is 4.25. The number of halogens is 1. The summed E-state index contributed by atoms with van der Waals surface area (Å²) in [5, 5.41) is 0.868. The smallest absolute Gasteiger partial charge is 0.127 e. The first-order valence-corrected chi connectivity index (χ1v) is 9.01. The highest BCUT2D eigenvalue weighted by Crippen LogP contribution is 2.21. The molecule has 1 heterocycles. The second kappa shape index (κ2) is 7.13. The van der Waals surface area contributed by atoms with Gasteiger partial charge >= 0.3 is 0 Å². The van der Waals surface area contributed by atoms with Gasteiger partial charge < -0.3 is 9.80 Å². The van der Waals surface area contributed by atoms with Crippen molar-refractivity contribution in [1.82, 2.24) is 0 Å². The lowest BCUT2D eigenvalue weighted by molar-refractivity contribution is -1.03. The number of quaternary nitrogens is 2. The van der Waals surface area contributed by atoms with Crippen LogP contribution in [0, 0.1) is 5.92 Å². The molecule has 1 aromatic rings. The molecule has 0 amide bonds. The maximum absolute atomic E-state index is 6.09. The molecule has 3 rings (SSSR count). The van der Waals surface area contributed by atoms with Gasteiger partial charge in [0.05, 0.1) is 6.04 Å². The molecule has 0 unspecified atom stereocenters. The summed E-state index contributed by atoms with van der Waals surface area (Å²) in [7, 11) is 0. The van der Waals surface area contributed by atoms with Gasteiger partial charge in [-0.15, -0.1) is 0 Å². The molecule has 2 N–H and O–H groups in total. The number of rotatable bonds is 3. The van der Waals surface area contributed by atoms with Crippen LogP contribution in [0.4, 0.5) is 0 Å². The molecule has 2 fully saturated rings. The Morgan fingerprint density at radius 1 is 1.14 bits per heavy atom. The molecule has 0 bridgehead atoms. The average Bonchev–Trinajstić information content (AvgIpc) is 2.48. The van der Waals surface area contributed by atoms with Gasteiger partial charge in [0.2, 0.25) is 0 Å². The molecule has 21 heavy (non-hydrogen) atoms. The van der Waals surface area contributed by atoms with Gasteiger partial charge in [-0.1, -0.05) is 37.1 Å². The van der Waals surface area contributed by atoms with Crippen LogP contribution < -0.4 is 9.80 Å². The minimum absolute atomic E-state index is 0.868. The minimum atomic E-state index is 0.868. The van der Waals surface area contributed by atoms with E-state index < -0.39 is 0 Å². The molecule has 1 aliphatic heterocycles. The summed E-state index contributed by atoms with van der Waals surface area (Å²) in [6.45, 7) is 8.90. The van der Waals surface area contributed by atoms with Crippen LogP contribution in [-0.4, -0.2) is 32.2 Å². The Bertz CT molecular complexity index is 454. The SMILES string of the molecule is C[C@H]1CCC[C@@H]([NH+]2CC[NH+](Cc3cccc(Cl)c3)CC2)C1. The fourth-order valence-corrected chi connectivity index (χ4v) is 4.46. The van der Waals surface area contributed by atoms with Crippen LogP contribution in [0.1, 0.15) is 38.2 Å². The van der Waals surface area contributed by atoms with E-state index in [0.717, 1.165) is 23.5 Å². The van der Waals surface area contributed by atoms with E-state index in [9.17, 15) is 0 Å². The lowest BCUT2D eigenvalue weighted by Crippen LogP contribution is -3.29.